The van der Waals surface area contributed by atoms with Gasteiger partial charge in [-0.2, -0.15) is 5.26 Å². The third-order valence-corrected chi connectivity index (χ3v) is 5.58. The molecule has 1 atom stereocenters. The Morgan fingerprint density at radius 1 is 1.34 bits per heavy atom. The van der Waals surface area contributed by atoms with E-state index in [1.54, 1.807) is 30.9 Å². The van der Waals surface area contributed by atoms with Crippen LogP contribution in [0, 0.1) is 18.3 Å². The number of aryl methyl sites for hydroxylation is 1. The molecule has 8 heteroatoms. The molecule has 154 valence electrons. The molecule has 0 fully saturated rings. The van der Waals surface area contributed by atoms with E-state index in [4.69, 9.17) is 4.42 Å². The predicted octanol–water partition coefficient (Wildman–Crippen LogP) is 3.62. The van der Waals surface area contributed by atoms with Gasteiger partial charge in [-0.1, -0.05) is 11.8 Å². The number of thioether (sulfide) groups is 1. The Kier molecular flexibility index (Phi) is 7.85. The molecule has 0 bridgehead atoms. The van der Waals surface area contributed by atoms with Gasteiger partial charge in [0, 0.05) is 19.6 Å². The third-order valence-electron chi connectivity index (χ3n) is 4.50. The van der Waals surface area contributed by atoms with Gasteiger partial charge in [-0.15, -0.1) is 0 Å². The lowest BCUT2D eigenvalue weighted by atomic mass is 9.98. The Hall–Kier alpha value is -2.79. The summed E-state index contributed by atoms with van der Waals surface area (Å²) in [7, 11) is 0. The van der Waals surface area contributed by atoms with Crippen molar-refractivity contribution in [2.24, 2.45) is 0 Å². The summed E-state index contributed by atoms with van der Waals surface area (Å²) in [6.45, 7) is 10.8. The van der Waals surface area contributed by atoms with E-state index >= 15 is 0 Å². The molecule has 0 saturated heterocycles. The third kappa shape index (κ3) is 4.80. The minimum atomic E-state index is -0.442. The van der Waals surface area contributed by atoms with Crippen LogP contribution in [-0.2, 0) is 4.79 Å². The normalized spacial score (nSPS) is 11.6. The second-order valence-electron chi connectivity index (χ2n) is 6.35. The van der Waals surface area contributed by atoms with Crippen LogP contribution in [0.2, 0.25) is 0 Å². The molecule has 2 aromatic heterocycles. The number of pyridine rings is 1. The lowest BCUT2D eigenvalue weighted by Gasteiger charge is -2.22. The van der Waals surface area contributed by atoms with E-state index in [2.05, 4.69) is 16.4 Å². The van der Waals surface area contributed by atoms with Crippen LogP contribution < -0.4 is 5.32 Å². The quantitative estimate of drug-likeness (QED) is 0.662. The Morgan fingerprint density at radius 3 is 2.55 bits per heavy atom. The van der Waals surface area contributed by atoms with E-state index in [-0.39, 0.29) is 17.4 Å². The van der Waals surface area contributed by atoms with Crippen LogP contribution in [0.1, 0.15) is 49.3 Å². The van der Waals surface area contributed by atoms with Crippen molar-refractivity contribution in [3.63, 3.8) is 0 Å². The highest BCUT2D eigenvalue weighted by Crippen LogP contribution is 2.37. The maximum Gasteiger partial charge on any atom is 0.256 e. The van der Waals surface area contributed by atoms with Crippen molar-refractivity contribution in [1.82, 2.24) is 15.2 Å². The van der Waals surface area contributed by atoms with Gasteiger partial charge in [-0.3, -0.25) is 9.59 Å². The molecule has 2 aromatic rings. The number of furan rings is 1. The largest absolute Gasteiger partial charge is 0.464 e. The van der Waals surface area contributed by atoms with Crippen molar-refractivity contribution >= 4 is 23.6 Å². The summed E-state index contributed by atoms with van der Waals surface area (Å²) in [6, 6.07) is 5.61. The van der Waals surface area contributed by atoms with Crippen LogP contribution in [0.4, 0.5) is 0 Å². The van der Waals surface area contributed by atoms with Gasteiger partial charge in [0.15, 0.2) is 0 Å². The number of hydrogen-bond acceptors (Lipinski definition) is 6. The fourth-order valence-electron chi connectivity index (χ4n) is 3.00. The van der Waals surface area contributed by atoms with E-state index in [1.807, 2.05) is 20.8 Å². The van der Waals surface area contributed by atoms with E-state index in [1.165, 1.54) is 18.0 Å². The molecule has 2 amide bonds. The molecule has 0 aromatic carbocycles. The van der Waals surface area contributed by atoms with E-state index < -0.39 is 5.25 Å². The van der Waals surface area contributed by atoms with Crippen molar-refractivity contribution < 1.29 is 14.0 Å². The number of rotatable bonds is 8. The molecule has 0 radical (unpaired) electrons. The molecule has 0 aliphatic rings. The molecule has 1 N–H and O–H groups in total. The Balaban J connectivity index is 2.68. The molecular weight excluding hydrogens is 388 g/mol. The van der Waals surface area contributed by atoms with Crippen molar-refractivity contribution in [2.75, 3.05) is 19.6 Å². The number of nitrogens with zero attached hydrogens (tertiary/aromatic N) is 3. The fraction of sp³-hybridized carbons (Fsp3) is 0.429. The number of aromatic nitrogens is 1. The van der Waals surface area contributed by atoms with Crippen LogP contribution in [0.25, 0.3) is 11.3 Å². The van der Waals surface area contributed by atoms with Gasteiger partial charge < -0.3 is 14.6 Å². The van der Waals surface area contributed by atoms with Crippen LogP contribution in [-0.4, -0.2) is 46.6 Å². The molecule has 0 spiro atoms. The van der Waals surface area contributed by atoms with Gasteiger partial charge >= 0.3 is 0 Å². The van der Waals surface area contributed by atoms with Crippen LogP contribution in [0.3, 0.4) is 0 Å². The molecule has 2 rings (SSSR count). The molecule has 0 aliphatic carbocycles. The summed E-state index contributed by atoms with van der Waals surface area (Å²) in [5.41, 5.74) is 1.52. The minimum absolute atomic E-state index is 0.135. The van der Waals surface area contributed by atoms with E-state index in [9.17, 15) is 14.9 Å². The van der Waals surface area contributed by atoms with Crippen LogP contribution in [0.15, 0.2) is 27.8 Å². The number of carbonyl (C=O) groups excluding carboxylic acids is 2. The first-order valence-corrected chi connectivity index (χ1v) is 10.5. The Labute approximate surface area is 175 Å². The average molecular weight is 415 g/mol. The van der Waals surface area contributed by atoms with Crippen molar-refractivity contribution in [3.8, 4) is 17.4 Å². The maximum absolute atomic E-state index is 13.2. The van der Waals surface area contributed by atoms with Gasteiger partial charge in [0.2, 0.25) is 5.91 Å². The zero-order chi connectivity index (χ0) is 21.6. The lowest BCUT2D eigenvalue weighted by Crippen LogP contribution is -2.32. The summed E-state index contributed by atoms with van der Waals surface area (Å²) in [5.74, 6) is 0.0926. The van der Waals surface area contributed by atoms with Crippen LogP contribution in [0.5, 0.6) is 0 Å². The summed E-state index contributed by atoms with van der Waals surface area (Å²) >= 11 is 1.20. The predicted molar refractivity (Wildman–Crippen MR) is 113 cm³/mol. The summed E-state index contributed by atoms with van der Waals surface area (Å²) in [4.78, 5) is 31.6. The average Bonchev–Trinajstić information content (AvgIpc) is 3.22. The number of nitriles is 1. The van der Waals surface area contributed by atoms with Gasteiger partial charge in [0.1, 0.15) is 16.9 Å². The standard InChI is InChI=1S/C21H26N4O3S/c1-6-23-19(26)14(5)29-20-15(12-22)18(16-10-9-11-28-16)17(13(4)24-20)21(27)25(7-2)8-3/h9-11,14H,6-8H2,1-5H3,(H,23,26)/t14-/m1/s1. The van der Waals surface area contributed by atoms with Gasteiger partial charge in [0.25, 0.3) is 5.91 Å². The SMILES string of the molecule is CCNC(=O)[C@@H](C)Sc1nc(C)c(C(=O)N(CC)CC)c(-c2ccco2)c1C#N. The second kappa shape index (κ2) is 10.1. The summed E-state index contributed by atoms with van der Waals surface area (Å²) in [5, 5.41) is 12.7. The number of hydrogen-bond donors (Lipinski definition) is 1. The van der Waals surface area contributed by atoms with E-state index in [0.717, 1.165) is 0 Å². The molecule has 0 saturated carbocycles. The fourth-order valence-corrected chi connectivity index (χ4v) is 3.98. The Bertz CT molecular complexity index is 915. The lowest BCUT2D eigenvalue weighted by molar-refractivity contribution is -0.120. The molecule has 7 nitrogen and oxygen atoms in total. The first-order chi connectivity index (χ1) is 13.9. The monoisotopic (exact) mass is 414 g/mol. The smallest absolute Gasteiger partial charge is 0.256 e. The summed E-state index contributed by atoms with van der Waals surface area (Å²) < 4.78 is 5.56. The molecular formula is C21H26N4O3S. The molecule has 29 heavy (non-hydrogen) atoms. The molecule has 0 aliphatic heterocycles. The second-order valence-corrected chi connectivity index (χ2v) is 7.68. The zero-order valence-electron chi connectivity index (χ0n) is 17.4. The molecule has 0 unspecified atom stereocenters. The zero-order valence-corrected chi connectivity index (χ0v) is 18.2. The van der Waals surface area contributed by atoms with Crippen molar-refractivity contribution in [3.05, 3.63) is 35.2 Å². The van der Waals surface area contributed by atoms with Gasteiger partial charge in [-0.25, -0.2) is 4.98 Å². The highest BCUT2D eigenvalue weighted by molar-refractivity contribution is 8.00. The van der Waals surface area contributed by atoms with Gasteiger partial charge in [0.05, 0.1) is 33.9 Å². The number of carbonyl (C=O) groups is 2. The van der Waals surface area contributed by atoms with E-state index in [0.29, 0.717) is 47.2 Å². The topological polar surface area (TPSA) is 99.2 Å². The maximum atomic E-state index is 13.2. The Morgan fingerprint density at radius 2 is 2.03 bits per heavy atom. The number of amides is 2. The molecule has 2 heterocycles. The minimum Gasteiger partial charge on any atom is -0.464 e. The highest BCUT2D eigenvalue weighted by Gasteiger charge is 2.29. The highest BCUT2D eigenvalue weighted by atomic mass is 32.2. The van der Waals surface area contributed by atoms with Crippen LogP contribution >= 0.6 is 11.8 Å². The first-order valence-electron chi connectivity index (χ1n) is 9.61. The van der Waals surface area contributed by atoms with Crippen molar-refractivity contribution in [2.45, 2.75) is 44.9 Å². The first kappa shape index (κ1) is 22.5. The number of nitrogens with one attached hydrogen (secondary N) is 1. The summed E-state index contributed by atoms with van der Waals surface area (Å²) in [6.07, 6.45) is 1.50. The van der Waals surface area contributed by atoms with Gasteiger partial charge in [-0.05, 0) is 46.8 Å². The van der Waals surface area contributed by atoms with Crippen molar-refractivity contribution in [1.29, 1.82) is 5.26 Å².